The van der Waals surface area contributed by atoms with Crippen molar-refractivity contribution in [2.24, 2.45) is 0 Å². The smallest absolute Gasteiger partial charge is 0.426 e. The zero-order valence-electron chi connectivity index (χ0n) is 14.6. The van der Waals surface area contributed by atoms with Crippen molar-refractivity contribution in [3.05, 3.63) is 35.9 Å². The second kappa shape index (κ2) is 8.42. The first kappa shape index (κ1) is 20.1. The molecule has 2 N–H and O–H groups in total. The van der Waals surface area contributed by atoms with Gasteiger partial charge < -0.3 is 15.4 Å². The van der Waals surface area contributed by atoms with Crippen LogP contribution in [-0.4, -0.2) is 30.8 Å². The van der Waals surface area contributed by atoms with Crippen LogP contribution < -0.4 is 10.6 Å². The summed E-state index contributed by atoms with van der Waals surface area (Å²) >= 11 is 0. The van der Waals surface area contributed by atoms with Gasteiger partial charge in [-0.25, -0.2) is 9.59 Å². The molecule has 2 rings (SSSR count). The maximum atomic E-state index is 14.0. The zero-order chi connectivity index (χ0) is 19.2. The fourth-order valence-electron chi connectivity index (χ4n) is 3.16. The molecule has 0 radical (unpaired) electrons. The lowest BCUT2D eigenvalue weighted by atomic mass is 9.89. The van der Waals surface area contributed by atoms with Crippen LogP contribution >= 0.6 is 0 Å². The Bertz CT molecular complexity index is 616. The summed E-state index contributed by atoms with van der Waals surface area (Å²) in [5, 5.41) is 4.42. The second-order valence-corrected chi connectivity index (χ2v) is 6.27. The van der Waals surface area contributed by atoms with Crippen LogP contribution in [0.1, 0.15) is 44.6 Å². The number of esters is 1. The van der Waals surface area contributed by atoms with Gasteiger partial charge in [-0.15, -0.1) is 0 Å². The average Bonchev–Trinajstić information content (AvgIpc) is 2.60. The van der Waals surface area contributed by atoms with Gasteiger partial charge in [0.05, 0.1) is 6.61 Å². The maximum absolute atomic E-state index is 14.0. The van der Waals surface area contributed by atoms with Crippen LogP contribution in [0.25, 0.3) is 0 Å². The van der Waals surface area contributed by atoms with Crippen molar-refractivity contribution < 1.29 is 27.5 Å². The summed E-state index contributed by atoms with van der Waals surface area (Å²) in [7, 11) is 0. The van der Waals surface area contributed by atoms with Crippen molar-refractivity contribution in [2.75, 3.05) is 6.61 Å². The third kappa shape index (κ3) is 4.28. The standard InChI is InChI=1S/C18H23F3N2O3/c1-2-26-15(24)17(18(19,20)21,13-9-5-3-6-10-13)23-16(25)22-14-11-7-4-8-12-14/h3,5-6,9-10,14H,2,4,7-8,11-12H2,1H3,(H2,22,23,25)/t17-/m0/s1. The van der Waals surface area contributed by atoms with E-state index in [1.807, 2.05) is 5.32 Å². The van der Waals surface area contributed by atoms with Gasteiger partial charge in [0.1, 0.15) is 0 Å². The average molecular weight is 372 g/mol. The molecule has 2 amide bonds. The number of alkyl halides is 3. The lowest BCUT2D eigenvalue weighted by Gasteiger charge is -2.35. The van der Waals surface area contributed by atoms with Crippen LogP contribution in [0.2, 0.25) is 0 Å². The third-order valence-electron chi connectivity index (χ3n) is 4.46. The van der Waals surface area contributed by atoms with Gasteiger partial charge in [-0.05, 0) is 25.3 Å². The molecule has 144 valence electrons. The number of carbonyl (C=O) groups is 2. The highest BCUT2D eigenvalue weighted by atomic mass is 19.4. The molecule has 1 aliphatic rings. The van der Waals surface area contributed by atoms with E-state index in [-0.39, 0.29) is 12.6 Å². The minimum atomic E-state index is -5.08. The van der Waals surface area contributed by atoms with Gasteiger partial charge in [0.15, 0.2) is 0 Å². The van der Waals surface area contributed by atoms with Gasteiger partial charge in [-0.1, -0.05) is 49.6 Å². The number of amides is 2. The normalized spacial score (nSPS) is 17.8. The minimum Gasteiger partial charge on any atom is -0.464 e. The van der Waals surface area contributed by atoms with Crippen molar-refractivity contribution in [2.45, 2.75) is 56.8 Å². The van der Waals surface area contributed by atoms with Crippen LogP contribution in [0.15, 0.2) is 30.3 Å². The summed E-state index contributed by atoms with van der Waals surface area (Å²) in [4.78, 5) is 24.7. The first-order chi connectivity index (χ1) is 12.3. The largest absolute Gasteiger partial charge is 0.464 e. The Kier molecular flexibility index (Phi) is 6.50. The van der Waals surface area contributed by atoms with E-state index in [2.05, 4.69) is 10.1 Å². The number of ether oxygens (including phenoxy) is 1. The lowest BCUT2D eigenvalue weighted by molar-refractivity contribution is -0.214. The third-order valence-corrected chi connectivity index (χ3v) is 4.46. The predicted octanol–water partition coefficient (Wildman–Crippen LogP) is 3.64. The molecule has 8 heteroatoms. The molecule has 1 saturated carbocycles. The quantitative estimate of drug-likeness (QED) is 0.776. The fraction of sp³-hybridized carbons (Fsp3) is 0.556. The van der Waals surface area contributed by atoms with Crippen molar-refractivity contribution in [1.29, 1.82) is 0 Å². The zero-order valence-corrected chi connectivity index (χ0v) is 14.6. The Balaban J connectivity index is 2.35. The number of benzene rings is 1. The fourth-order valence-corrected chi connectivity index (χ4v) is 3.16. The van der Waals surface area contributed by atoms with Crippen molar-refractivity contribution >= 4 is 12.0 Å². The highest BCUT2D eigenvalue weighted by molar-refractivity contribution is 5.89. The van der Waals surface area contributed by atoms with E-state index in [1.54, 1.807) is 0 Å². The number of rotatable bonds is 5. The first-order valence-corrected chi connectivity index (χ1v) is 8.69. The first-order valence-electron chi connectivity index (χ1n) is 8.69. The molecular weight excluding hydrogens is 349 g/mol. The molecule has 0 unspecified atom stereocenters. The Labute approximate surface area is 150 Å². The monoisotopic (exact) mass is 372 g/mol. The minimum absolute atomic E-state index is 0.201. The van der Waals surface area contributed by atoms with Gasteiger partial charge in [0, 0.05) is 6.04 Å². The van der Waals surface area contributed by atoms with Crippen LogP contribution in [0, 0.1) is 0 Å². The SMILES string of the molecule is CCOC(=O)[C@@](NC(=O)NC1CCCCC1)(c1ccccc1)C(F)(F)F. The van der Waals surface area contributed by atoms with Gasteiger partial charge in [0.25, 0.3) is 5.54 Å². The van der Waals surface area contributed by atoms with E-state index in [4.69, 9.17) is 0 Å². The summed E-state index contributed by atoms with van der Waals surface area (Å²) in [6.45, 7) is 1.17. The molecule has 0 heterocycles. The number of hydrogen-bond donors (Lipinski definition) is 2. The van der Waals surface area contributed by atoms with E-state index >= 15 is 0 Å². The molecule has 0 spiro atoms. The van der Waals surface area contributed by atoms with Gasteiger partial charge in [-0.2, -0.15) is 13.2 Å². The van der Waals surface area contributed by atoms with Gasteiger partial charge >= 0.3 is 18.2 Å². The Morgan fingerprint density at radius 3 is 2.27 bits per heavy atom. The number of carbonyl (C=O) groups excluding carboxylic acids is 2. The summed E-state index contributed by atoms with van der Waals surface area (Å²) < 4.78 is 46.8. The van der Waals surface area contributed by atoms with Crippen molar-refractivity contribution in [1.82, 2.24) is 10.6 Å². The van der Waals surface area contributed by atoms with Gasteiger partial charge in [0.2, 0.25) is 0 Å². The summed E-state index contributed by atoms with van der Waals surface area (Å²) in [6.07, 6.45) is -0.810. The second-order valence-electron chi connectivity index (χ2n) is 6.27. The van der Waals surface area contributed by atoms with E-state index in [0.717, 1.165) is 31.4 Å². The molecule has 1 fully saturated rings. The topological polar surface area (TPSA) is 67.4 Å². The van der Waals surface area contributed by atoms with Crippen molar-refractivity contribution in [3.8, 4) is 0 Å². The van der Waals surface area contributed by atoms with Crippen LogP contribution in [0.4, 0.5) is 18.0 Å². The van der Waals surface area contributed by atoms with E-state index in [0.29, 0.717) is 12.8 Å². The van der Waals surface area contributed by atoms with E-state index in [1.165, 1.54) is 25.1 Å². The predicted molar refractivity (Wildman–Crippen MR) is 89.3 cm³/mol. The highest BCUT2D eigenvalue weighted by Gasteiger charge is 2.64. The molecule has 26 heavy (non-hydrogen) atoms. The number of urea groups is 1. The number of nitrogens with one attached hydrogen (secondary N) is 2. The Hall–Kier alpha value is -2.25. The molecule has 1 atom stereocenters. The van der Waals surface area contributed by atoms with Crippen LogP contribution in [0.5, 0.6) is 0 Å². The summed E-state index contributed by atoms with van der Waals surface area (Å²) in [5.74, 6) is -1.56. The van der Waals surface area contributed by atoms with Crippen LogP contribution in [0.3, 0.4) is 0 Å². The molecule has 0 aliphatic heterocycles. The molecule has 0 saturated heterocycles. The van der Waals surface area contributed by atoms with Gasteiger partial charge in [-0.3, -0.25) is 0 Å². The summed E-state index contributed by atoms with van der Waals surface area (Å²) in [5.41, 5.74) is -3.66. The number of hydrogen-bond acceptors (Lipinski definition) is 3. The highest BCUT2D eigenvalue weighted by Crippen LogP contribution is 2.40. The Morgan fingerprint density at radius 2 is 1.73 bits per heavy atom. The molecular formula is C18H23F3N2O3. The molecule has 0 bridgehead atoms. The van der Waals surface area contributed by atoms with E-state index < -0.39 is 29.3 Å². The lowest BCUT2D eigenvalue weighted by Crippen LogP contribution is -2.64. The molecule has 5 nitrogen and oxygen atoms in total. The summed E-state index contributed by atoms with van der Waals surface area (Å²) in [6, 6.07) is 5.32. The van der Waals surface area contributed by atoms with Crippen LogP contribution in [-0.2, 0) is 15.1 Å². The Morgan fingerprint density at radius 1 is 1.12 bits per heavy atom. The molecule has 1 aromatic carbocycles. The molecule has 0 aromatic heterocycles. The molecule has 1 aromatic rings. The molecule has 1 aliphatic carbocycles. The maximum Gasteiger partial charge on any atom is 0.426 e. The van der Waals surface area contributed by atoms with E-state index in [9.17, 15) is 22.8 Å². The van der Waals surface area contributed by atoms with Crippen molar-refractivity contribution in [3.63, 3.8) is 0 Å². The number of halogens is 3.